The van der Waals surface area contributed by atoms with E-state index in [2.05, 4.69) is 6.58 Å². The first kappa shape index (κ1) is 12.7. The Hall–Kier alpha value is -1.32. The van der Waals surface area contributed by atoms with Crippen molar-refractivity contribution in [3.8, 4) is 0 Å². The van der Waals surface area contributed by atoms with Crippen molar-refractivity contribution < 1.29 is 17.6 Å². The monoisotopic (exact) mass is 232 g/mol. The van der Waals surface area contributed by atoms with E-state index in [0.29, 0.717) is 6.08 Å². The summed E-state index contributed by atoms with van der Waals surface area (Å²) in [6.07, 6.45) is -0.284. The predicted molar refractivity (Wildman–Crippen MR) is 54.6 cm³/mol. The maximum Gasteiger partial charge on any atom is 0.266 e. The molecule has 4 heteroatoms. The van der Waals surface area contributed by atoms with Crippen molar-refractivity contribution in [2.45, 2.75) is 25.7 Å². The zero-order valence-corrected chi connectivity index (χ0v) is 8.87. The van der Waals surface area contributed by atoms with Gasteiger partial charge in [0.2, 0.25) is 0 Å². The lowest BCUT2D eigenvalue weighted by Gasteiger charge is -2.11. The van der Waals surface area contributed by atoms with Gasteiger partial charge in [0.1, 0.15) is 0 Å². The van der Waals surface area contributed by atoms with Crippen LogP contribution >= 0.6 is 0 Å². The number of rotatable bonds is 4. The van der Waals surface area contributed by atoms with Gasteiger partial charge in [-0.2, -0.15) is 0 Å². The molecule has 0 N–H and O–H groups in total. The van der Waals surface area contributed by atoms with Gasteiger partial charge in [-0.1, -0.05) is 18.7 Å². The highest BCUT2D eigenvalue weighted by atomic mass is 19.3. The van der Waals surface area contributed by atoms with Crippen LogP contribution in [0.1, 0.15) is 17.5 Å². The van der Waals surface area contributed by atoms with Gasteiger partial charge in [-0.3, -0.25) is 0 Å². The van der Waals surface area contributed by atoms with Crippen molar-refractivity contribution in [2.24, 2.45) is 0 Å². The Kier molecular flexibility index (Phi) is 3.73. The van der Waals surface area contributed by atoms with Crippen molar-refractivity contribution in [1.82, 2.24) is 0 Å². The number of hydrogen-bond donors (Lipinski definition) is 0. The number of aryl methyl sites for hydroxylation is 2. The third-order valence-electron chi connectivity index (χ3n) is 2.38. The maximum atomic E-state index is 13.3. The van der Waals surface area contributed by atoms with E-state index in [0.717, 1.165) is 0 Å². The fourth-order valence-electron chi connectivity index (χ4n) is 1.28. The van der Waals surface area contributed by atoms with E-state index in [4.69, 9.17) is 0 Å². The molecule has 1 aromatic rings. The second-order valence-electron chi connectivity index (χ2n) is 3.63. The topological polar surface area (TPSA) is 0 Å². The smallest absolute Gasteiger partial charge is 0.203 e. The van der Waals surface area contributed by atoms with Crippen LogP contribution in [0.2, 0.25) is 0 Å². The molecule has 0 atom stereocenters. The molecular formula is C12H12F4. The van der Waals surface area contributed by atoms with E-state index in [1.54, 1.807) is 0 Å². The predicted octanol–water partition coefficient (Wildman–Crippen LogP) is 4.03. The van der Waals surface area contributed by atoms with Gasteiger partial charge in [-0.25, -0.2) is 17.6 Å². The quantitative estimate of drug-likeness (QED) is 0.543. The summed E-state index contributed by atoms with van der Waals surface area (Å²) < 4.78 is 52.0. The highest BCUT2D eigenvalue weighted by Gasteiger charge is 2.24. The lowest BCUT2D eigenvalue weighted by Crippen LogP contribution is -2.13. The van der Waals surface area contributed by atoms with Crippen LogP contribution < -0.4 is 0 Å². The van der Waals surface area contributed by atoms with Crippen molar-refractivity contribution in [2.75, 3.05) is 0 Å². The van der Waals surface area contributed by atoms with Crippen LogP contribution in [0.15, 0.2) is 24.8 Å². The molecule has 0 saturated heterocycles. The van der Waals surface area contributed by atoms with Gasteiger partial charge in [0.15, 0.2) is 11.6 Å². The van der Waals surface area contributed by atoms with E-state index in [1.807, 2.05) is 0 Å². The molecule has 0 fully saturated rings. The fraction of sp³-hybridized carbons (Fsp3) is 0.333. The van der Waals surface area contributed by atoms with E-state index in [-0.39, 0.29) is 17.5 Å². The Balaban J connectivity index is 2.83. The summed E-state index contributed by atoms with van der Waals surface area (Å²) in [6, 6.07) is 2.70. The van der Waals surface area contributed by atoms with Gasteiger partial charge in [0, 0.05) is 6.42 Å². The molecule has 88 valence electrons. The normalized spacial score (nSPS) is 11.6. The fourth-order valence-corrected chi connectivity index (χ4v) is 1.28. The average molecular weight is 232 g/mol. The van der Waals surface area contributed by atoms with Gasteiger partial charge in [0.25, 0.3) is 5.92 Å². The van der Waals surface area contributed by atoms with Crippen LogP contribution in [0.4, 0.5) is 17.6 Å². The molecule has 0 radical (unpaired) electrons. The SMILES string of the molecule is C=CC(F)(F)CCc1ccc(C)c(F)c1F. The summed E-state index contributed by atoms with van der Waals surface area (Å²) in [5.74, 6) is -5.06. The maximum absolute atomic E-state index is 13.3. The van der Waals surface area contributed by atoms with E-state index >= 15 is 0 Å². The van der Waals surface area contributed by atoms with Gasteiger partial charge >= 0.3 is 0 Å². The van der Waals surface area contributed by atoms with E-state index < -0.39 is 24.0 Å². The van der Waals surface area contributed by atoms with Crippen molar-refractivity contribution >= 4 is 0 Å². The van der Waals surface area contributed by atoms with Crippen LogP contribution in [0, 0.1) is 18.6 Å². The molecule has 0 amide bonds. The summed E-state index contributed by atoms with van der Waals surface area (Å²) in [5, 5.41) is 0. The largest absolute Gasteiger partial charge is 0.266 e. The van der Waals surface area contributed by atoms with Crippen LogP contribution in [0.3, 0.4) is 0 Å². The molecule has 0 aliphatic rings. The number of allylic oxidation sites excluding steroid dienone is 1. The minimum absolute atomic E-state index is 0.0374. The zero-order chi connectivity index (χ0) is 12.3. The van der Waals surface area contributed by atoms with Gasteiger partial charge in [-0.15, -0.1) is 0 Å². The minimum Gasteiger partial charge on any atom is -0.203 e. The Morgan fingerprint density at radius 3 is 2.44 bits per heavy atom. The summed E-state index contributed by atoms with van der Waals surface area (Å²) in [5.41, 5.74) is 0.126. The number of benzene rings is 1. The molecule has 0 nitrogen and oxygen atoms in total. The molecule has 0 aromatic heterocycles. The molecule has 0 aliphatic carbocycles. The van der Waals surface area contributed by atoms with Crippen molar-refractivity contribution in [3.63, 3.8) is 0 Å². The number of alkyl halides is 2. The van der Waals surface area contributed by atoms with Gasteiger partial charge in [0.05, 0.1) is 0 Å². The second-order valence-corrected chi connectivity index (χ2v) is 3.63. The Morgan fingerprint density at radius 1 is 1.25 bits per heavy atom. The minimum atomic E-state index is -3.05. The lowest BCUT2D eigenvalue weighted by molar-refractivity contribution is 0.0461. The Morgan fingerprint density at radius 2 is 1.88 bits per heavy atom. The second kappa shape index (κ2) is 4.68. The highest BCUT2D eigenvalue weighted by molar-refractivity contribution is 5.25. The van der Waals surface area contributed by atoms with Crippen LogP contribution in [0.25, 0.3) is 0 Å². The first-order chi connectivity index (χ1) is 7.37. The zero-order valence-electron chi connectivity index (χ0n) is 8.87. The summed E-state index contributed by atoms with van der Waals surface area (Å²) in [4.78, 5) is 0. The summed E-state index contributed by atoms with van der Waals surface area (Å²) in [6.45, 7) is 4.40. The number of halogens is 4. The molecule has 0 unspecified atom stereocenters. The molecule has 0 saturated carbocycles. The average Bonchev–Trinajstić information content (AvgIpc) is 2.25. The van der Waals surface area contributed by atoms with Gasteiger partial charge < -0.3 is 0 Å². The third-order valence-corrected chi connectivity index (χ3v) is 2.38. The van der Waals surface area contributed by atoms with E-state index in [9.17, 15) is 17.6 Å². The first-order valence-electron chi connectivity index (χ1n) is 4.82. The Labute approximate surface area is 91.6 Å². The molecular weight excluding hydrogens is 220 g/mol. The Bertz CT molecular complexity index is 396. The van der Waals surface area contributed by atoms with Crippen LogP contribution in [-0.2, 0) is 6.42 Å². The first-order valence-corrected chi connectivity index (χ1v) is 4.82. The van der Waals surface area contributed by atoms with E-state index in [1.165, 1.54) is 19.1 Å². The molecule has 1 rings (SSSR count). The molecule has 0 spiro atoms. The van der Waals surface area contributed by atoms with Gasteiger partial charge in [-0.05, 0) is 30.5 Å². The van der Waals surface area contributed by atoms with Crippen molar-refractivity contribution in [1.29, 1.82) is 0 Å². The molecule has 16 heavy (non-hydrogen) atoms. The standard InChI is InChI=1S/C12H12F4/c1-3-12(15,16)7-6-9-5-4-8(2)10(13)11(9)14/h3-5H,1,6-7H2,2H3. The third kappa shape index (κ3) is 2.84. The lowest BCUT2D eigenvalue weighted by atomic mass is 10.0. The van der Waals surface area contributed by atoms with Crippen LogP contribution in [-0.4, -0.2) is 5.92 Å². The van der Waals surface area contributed by atoms with Crippen LogP contribution in [0.5, 0.6) is 0 Å². The molecule has 1 aromatic carbocycles. The van der Waals surface area contributed by atoms with Crippen molar-refractivity contribution in [3.05, 3.63) is 47.5 Å². The summed E-state index contributed by atoms with van der Waals surface area (Å²) in [7, 11) is 0. The highest BCUT2D eigenvalue weighted by Crippen LogP contribution is 2.24. The number of hydrogen-bond acceptors (Lipinski definition) is 0. The molecule has 0 heterocycles. The molecule has 0 aliphatic heterocycles. The molecule has 0 bridgehead atoms. The summed E-state index contributed by atoms with van der Waals surface area (Å²) >= 11 is 0.